The Hall–Kier alpha value is -0.0800. The Morgan fingerprint density at radius 3 is 2.50 bits per heavy atom. The number of nitrogens with zero attached hydrogens (tertiary/aromatic N) is 1. The topological polar surface area (TPSA) is 29.3 Å². The van der Waals surface area contributed by atoms with Crippen LogP contribution in [-0.2, 0) is 0 Å². The van der Waals surface area contributed by atoms with Gasteiger partial charge >= 0.3 is 0 Å². The van der Waals surface area contributed by atoms with Crippen molar-refractivity contribution >= 4 is 0 Å². The van der Waals surface area contributed by atoms with E-state index in [9.17, 15) is 0 Å². The smallest absolute Gasteiger partial charge is 0.0339 e. The van der Waals surface area contributed by atoms with E-state index in [1.165, 1.54) is 58.0 Å². The number of nitrogens with two attached hydrogens (primary N) is 1. The van der Waals surface area contributed by atoms with Gasteiger partial charge in [-0.3, -0.25) is 4.90 Å². The van der Waals surface area contributed by atoms with Crippen LogP contribution in [0.5, 0.6) is 0 Å². The number of hydrogen-bond donors (Lipinski definition) is 1. The lowest BCUT2D eigenvalue weighted by Crippen LogP contribution is -2.59. The molecule has 1 aliphatic heterocycles. The van der Waals surface area contributed by atoms with Crippen LogP contribution in [0, 0.1) is 17.3 Å². The van der Waals surface area contributed by atoms with Crippen LogP contribution in [0.2, 0.25) is 0 Å². The highest BCUT2D eigenvalue weighted by Crippen LogP contribution is 2.46. The minimum absolute atomic E-state index is 0.282. The molecule has 0 aromatic heterocycles. The zero-order valence-corrected chi connectivity index (χ0v) is 14.3. The van der Waals surface area contributed by atoms with Crippen molar-refractivity contribution in [1.82, 2.24) is 4.90 Å². The van der Waals surface area contributed by atoms with E-state index in [1.54, 1.807) is 0 Å². The summed E-state index contributed by atoms with van der Waals surface area (Å²) in [6.45, 7) is 13.1. The average Bonchev–Trinajstić information content (AvgIpc) is 2.61. The third-order valence-electron chi connectivity index (χ3n) is 5.91. The Balaban J connectivity index is 2.13. The molecule has 1 saturated carbocycles. The highest BCUT2D eigenvalue weighted by Gasteiger charge is 2.45. The van der Waals surface area contributed by atoms with Crippen molar-refractivity contribution < 1.29 is 0 Å². The second kappa shape index (κ2) is 6.36. The number of hydrogen-bond acceptors (Lipinski definition) is 2. The standard InChI is InChI=1S/C18H36N2/c1-5-16-7-6-9-20(10-8-16)18(14-19)12-15(2)11-17(3,4)13-18/h15-16H,5-14,19H2,1-4H3. The van der Waals surface area contributed by atoms with E-state index in [1.807, 2.05) is 0 Å². The van der Waals surface area contributed by atoms with E-state index in [0.717, 1.165) is 18.4 Å². The van der Waals surface area contributed by atoms with Crippen molar-refractivity contribution in [3.05, 3.63) is 0 Å². The third-order valence-corrected chi connectivity index (χ3v) is 5.91. The largest absolute Gasteiger partial charge is 0.329 e. The molecule has 0 aromatic rings. The van der Waals surface area contributed by atoms with Crippen molar-refractivity contribution in [3.8, 4) is 0 Å². The molecule has 0 radical (unpaired) electrons. The molecule has 1 heterocycles. The first kappa shape index (κ1) is 16.3. The van der Waals surface area contributed by atoms with Gasteiger partial charge in [0.05, 0.1) is 0 Å². The van der Waals surface area contributed by atoms with Crippen LogP contribution in [0.4, 0.5) is 0 Å². The highest BCUT2D eigenvalue weighted by atomic mass is 15.2. The van der Waals surface area contributed by atoms with Gasteiger partial charge in [-0.15, -0.1) is 0 Å². The van der Waals surface area contributed by atoms with Crippen molar-refractivity contribution in [2.45, 2.75) is 78.2 Å². The Morgan fingerprint density at radius 2 is 1.90 bits per heavy atom. The molecule has 3 atom stereocenters. The molecular formula is C18H36N2. The molecule has 0 amide bonds. The molecule has 0 spiro atoms. The van der Waals surface area contributed by atoms with Crippen molar-refractivity contribution in [1.29, 1.82) is 0 Å². The maximum absolute atomic E-state index is 6.33. The zero-order chi connectivity index (χ0) is 14.8. The second-order valence-electron chi connectivity index (χ2n) is 8.48. The molecule has 1 aliphatic carbocycles. The lowest BCUT2D eigenvalue weighted by molar-refractivity contribution is -0.0104. The summed E-state index contributed by atoms with van der Waals surface area (Å²) in [4.78, 5) is 2.79. The Bertz CT molecular complexity index is 313. The molecule has 2 N–H and O–H groups in total. The van der Waals surface area contributed by atoms with Gasteiger partial charge in [0.1, 0.15) is 0 Å². The summed E-state index contributed by atoms with van der Waals surface area (Å²) >= 11 is 0. The predicted molar refractivity (Wildman–Crippen MR) is 87.8 cm³/mol. The van der Waals surface area contributed by atoms with E-state index in [2.05, 4.69) is 32.6 Å². The van der Waals surface area contributed by atoms with E-state index in [0.29, 0.717) is 5.41 Å². The van der Waals surface area contributed by atoms with E-state index in [4.69, 9.17) is 5.73 Å². The molecule has 20 heavy (non-hydrogen) atoms. The van der Waals surface area contributed by atoms with Crippen LogP contribution in [0.25, 0.3) is 0 Å². The molecule has 2 heteroatoms. The van der Waals surface area contributed by atoms with Gasteiger partial charge in [-0.1, -0.05) is 34.1 Å². The molecule has 3 unspecified atom stereocenters. The summed E-state index contributed by atoms with van der Waals surface area (Å²) in [5.74, 6) is 1.76. The van der Waals surface area contributed by atoms with Gasteiger partial charge in [0.2, 0.25) is 0 Å². The summed E-state index contributed by atoms with van der Waals surface area (Å²) in [5.41, 5.74) is 7.06. The van der Waals surface area contributed by atoms with Crippen LogP contribution >= 0.6 is 0 Å². The lowest BCUT2D eigenvalue weighted by Gasteiger charge is -2.53. The summed E-state index contributed by atoms with van der Waals surface area (Å²) in [6.07, 6.45) is 9.49. The van der Waals surface area contributed by atoms with Crippen LogP contribution in [0.3, 0.4) is 0 Å². The van der Waals surface area contributed by atoms with Gasteiger partial charge in [0.15, 0.2) is 0 Å². The van der Waals surface area contributed by atoms with E-state index in [-0.39, 0.29) is 5.54 Å². The zero-order valence-electron chi connectivity index (χ0n) is 14.3. The monoisotopic (exact) mass is 280 g/mol. The molecule has 2 nitrogen and oxygen atoms in total. The predicted octanol–water partition coefficient (Wildman–Crippen LogP) is 4.04. The average molecular weight is 280 g/mol. The SMILES string of the molecule is CCC1CCCN(C2(CN)CC(C)CC(C)(C)C2)CC1. The molecule has 0 aromatic carbocycles. The minimum Gasteiger partial charge on any atom is -0.329 e. The fourth-order valence-electron chi connectivity index (χ4n) is 5.27. The van der Waals surface area contributed by atoms with Gasteiger partial charge in [0.25, 0.3) is 0 Å². The maximum atomic E-state index is 6.33. The quantitative estimate of drug-likeness (QED) is 0.845. The molecule has 0 bridgehead atoms. The molecule has 2 rings (SSSR count). The van der Waals surface area contributed by atoms with Crippen LogP contribution in [0.1, 0.15) is 72.6 Å². The molecule has 1 saturated heterocycles. The number of likely N-dealkylation sites (tertiary alicyclic amines) is 1. The molecule has 2 aliphatic rings. The van der Waals surface area contributed by atoms with Gasteiger partial charge in [-0.2, -0.15) is 0 Å². The Kier molecular flexibility index (Phi) is 5.18. The minimum atomic E-state index is 0.282. The van der Waals surface area contributed by atoms with E-state index >= 15 is 0 Å². The van der Waals surface area contributed by atoms with Gasteiger partial charge in [0, 0.05) is 12.1 Å². The van der Waals surface area contributed by atoms with Crippen LogP contribution in [-0.4, -0.2) is 30.1 Å². The van der Waals surface area contributed by atoms with Crippen LogP contribution in [0.15, 0.2) is 0 Å². The normalized spacial score (nSPS) is 39.5. The second-order valence-corrected chi connectivity index (χ2v) is 8.48. The molecule has 2 fully saturated rings. The summed E-state index contributed by atoms with van der Waals surface area (Å²) in [7, 11) is 0. The summed E-state index contributed by atoms with van der Waals surface area (Å²) < 4.78 is 0. The first-order valence-corrected chi connectivity index (χ1v) is 8.86. The van der Waals surface area contributed by atoms with Crippen LogP contribution < -0.4 is 5.73 Å². The maximum Gasteiger partial charge on any atom is 0.0339 e. The molecule has 118 valence electrons. The fraction of sp³-hybridized carbons (Fsp3) is 1.00. The first-order valence-electron chi connectivity index (χ1n) is 8.86. The summed E-state index contributed by atoms with van der Waals surface area (Å²) in [5, 5.41) is 0. The van der Waals surface area contributed by atoms with Crippen molar-refractivity contribution in [2.24, 2.45) is 23.0 Å². The van der Waals surface area contributed by atoms with Crippen molar-refractivity contribution in [3.63, 3.8) is 0 Å². The Morgan fingerprint density at radius 1 is 1.15 bits per heavy atom. The first-order chi connectivity index (χ1) is 9.41. The number of rotatable bonds is 3. The summed E-state index contributed by atoms with van der Waals surface area (Å²) in [6, 6.07) is 0. The molecular weight excluding hydrogens is 244 g/mol. The lowest BCUT2D eigenvalue weighted by atomic mass is 9.63. The third kappa shape index (κ3) is 3.57. The van der Waals surface area contributed by atoms with E-state index < -0.39 is 0 Å². The van der Waals surface area contributed by atoms with Gasteiger partial charge in [-0.25, -0.2) is 0 Å². The van der Waals surface area contributed by atoms with Gasteiger partial charge < -0.3 is 5.73 Å². The van der Waals surface area contributed by atoms with Gasteiger partial charge in [-0.05, 0) is 68.9 Å². The Labute approximate surface area is 126 Å². The highest BCUT2D eigenvalue weighted by molar-refractivity contribution is 5.01. The van der Waals surface area contributed by atoms with Crippen molar-refractivity contribution in [2.75, 3.05) is 19.6 Å². The fourth-order valence-corrected chi connectivity index (χ4v) is 5.27.